The molecule has 0 fully saturated rings. The Bertz CT molecular complexity index is 216. The summed E-state index contributed by atoms with van der Waals surface area (Å²) in [4.78, 5) is 0. The third-order valence-corrected chi connectivity index (χ3v) is 3.17. The molecular weight excluding hydrogens is 178 g/mol. The van der Waals surface area contributed by atoms with E-state index < -0.39 is 0 Å². The normalized spacial score (nSPS) is 13.5. The quantitative estimate of drug-likeness (QED) is 0.771. The van der Waals surface area contributed by atoms with E-state index in [4.69, 9.17) is 5.73 Å². The predicted molar refractivity (Wildman–Crippen MR) is 60.1 cm³/mol. The molecule has 0 spiro atoms. The average molecular weight is 197 g/mol. The Kier molecular flexibility index (Phi) is 4.46. The average Bonchev–Trinajstić information content (AvgIpc) is 2.56. The first-order chi connectivity index (χ1) is 6.20. The van der Waals surface area contributed by atoms with Gasteiger partial charge in [-0.1, -0.05) is 13.8 Å². The second-order valence-corrected chi connectivity index (χ2v) is 4.71. The van der Waals surface area contributed by atoms with Crippen LogP contribution >= 0.6 is 11.3 Å². The minimum Gasteiger partial charge on any atom is -0.327 e. The molecule has 1 atom stereocenters. The van der Waals surface area contributed by atoms with E-state index in [1.807, 2.05) is 0 Å². The van der Waals surface area contributed by atoms with E-state index in [9.17, 15) is 0 Å². The summed E-state index contributed by atoms with van der Waals surface area (Å²) in [6, 6.07) is 2.57. The van der Waals surface area contributed by atoms with Crippen molar-refractivity contribution in [1.82, 2.24) is 0 Å². The standard InChI is InChI=1S/C11H19NS/c1-9(2)11(12)5-3-4-10-6-7-13-8-10/h6-9,11H,3-5,12H2,1-2H3. The molecule has 0 bridgehead atoms. The SMILES string of the molecule is CC(C)C(N)CCCc1ccsc1. The van der Waals surface area contributed by atoms with Crippen LogP contribution in [-0.4, -0.2) is 6.04 Å². The van der Waals surface area contributed by atoms with E-state index in [1.54, 1.807) is 11.3 Å². The third-order valence-electron chi connectivity index (χ3n) is 2.44. The molecule has 1 aromatic heterocycles. The lowest BCUT2D eigenvalue weighted by Crippen LogP contribution is -2.26. The van der Waals surface area contributed by atoms with Gasteiger partial charge in [-0.2, -0.15) is 11.3 Å². The molecule has 0 radical (unpaired) electrons. The molecule has 1 unspecified atom stereocenters. The molecule has 1 heterocycles. The van der Waals surface area contributed by atoms with E-state index in [2.05, 4.69) is 30.7 Å². The van der Waals surface area contributed by atoms with Gasteiger partial charge in [0.15, 0.2) is 0 Å². The number of hydrogen-bond donors (Lipinski definition) is 1. The molecule has 1 rings (SSSR count). The molecule has 2 N–H and O–H groups in total. The van der Waals surface area contributed by atoms with Gasteiger partial charge in [-0.3, -0.25) is 0 Å². The van der Waals surface area contributed by atoms with Crippen LogP contribution < -0.4 is 5.73 Å². The van der Waals surface area contributed by atoms with Gasteiger partial charge in [0, 0.05) is 6.04 Å². The number of thiophene rings is 1. The minimum absolute atomic E-state index is 0.374. The Labute approximate surface area is 85.0 Å². The van der Waals surface area contributed by atoms with Gasteiger partial charge in [0.25, 0.3) is 0 Å². The van der Waals surface area contributed by atoms with Crippen LogP contribution in [0.4, 0.5) is 0 Å². The molecule has 0 aliphatic rings. The first kappa shape index (κ1) is 10.7. The highest BCUT2D eigenvalue weighted by molar-refractivity contribution is 7.07. The maximum Gasteiger partial charge on any atom is 0.00620 e. The molecule has 74 valence electrons. The van der Waals surface area contributed by atoms with Gasteiger partial charge >= 0.3 is 0 Å². The second-order valence-electron chi connectivity index (χ2n) is 3.93. The molecule has 0 aliphatic heterocycles. The predicted octanol–water partition coefficient (Wildman–Crippen LogP) is 3.05. The van der Waals surface area contributed by atoms with Gasteiger partial charge in [0.1, 0.15) is 0 Å². The highest BCUT2D eigenvalue weighted by atomic mass is 32.1. The maximum absolute atomic E-state index is 5.96. The van der Waals surface area contributed by atoms with E-state index in [-0.39, 0.29) is 0 Å². The first-order valence-electron chi connectivity index (χ1n) is 4.97. The van der Waals surface area contributed by atoms with Crippen molar-refractivity contribution in [2.24, 2.45) is 11.7 Å². The highest BCUT2D eigenvalue weighted by Crippen LogP contribution is 2.12. The van der Waals surface area contributed by atoms with Crippen molar-refractivity contribution in [3.63, 3.8) is 0 Å². The summed E-state index contributed by atoms with van der Waals surface area (Å²) in [5.41, 5.74) is 7.42. The fourth-order valence-corrected chi connectivity index (χ4v) is 2.01. The molecule has 0 aliphatic carbocycles. The molecule has 1 aromatic rings. The number of aryl methyl sites for hydroxylation is 1. The van der Waals surface area contributed by atoms with E-state index >= 15 is 0 Å². The van der Waals surface area contributed by atoms with Crippen molar-refractivity contribution in [3.05, 3.63) is 22.4 Å². The van der Waals surface area contributed by atoms with Gasteiger partial charge in [0.05, 0.1) is 0 Å². The van der Waals surface area contributed by atoms with E-state index in [0.717, 1.165) is 6.42 Å². The highest BCUT2D eigenvalue weighted by Gasteiger charge is 2.06. The Balaban J connectivity index is 2.14. The molecule has 13 heavy (non-hydrogen) atoms. The van der Waals surface area contributed by atoms with Gasteiger partial charge in [-0.25, -0.2) is 0 Å². The summed E-state index contributed by atoms with van der Waals surface area (Å²) in [6.07, 6.45) is 3.55. The Hall–Kier alpha value is -0.340. The van der Waals surface area contributed by atoms with Crippen LogP contribution in [-0.2, 0) is 6.42 Å². The number of hydrogen-bond acceptors (Lipinski definition) is 2. The van der Waals surface area contributed by atoms with Gasteiger partial charge in [-0.05, 0) is 47.6 Å². The van der Waals surface area contributed by atoms with Crippen LogP contribution in [0, 0.1) is 5.92 Å². The fourth-order valence-electron chi connectivity index (χ4n) is 1.31. The largest absolute Gasteiger partial charge is 0.327 e. The zero-order valence-electron chi connectivity index (χ0n) is 8.49. The number of rotatable bonds is 5. The monoisotopic (exact) mass is 197 g/mol. The molecule has 0 saturated carbocycles. The van der Waals surface area contributed by atoms with E-state index in [1.165, 1.54) is 18.4 Å². The fraction of sp³-hybridized carbons (Fsp3) is 0.636. The summed E-state index contributed by atoms with van der Waals surface area (Å²) >= 11 is 1.77. The van der Waals surface area contributed by atoms with Crippen molar-refractivity contribution in [2.45, 2.75) is 39.2 Å². The minimum atomic E-state index is 0.374. The van der Waals surface area contributed by atoms with Crippen molar-refractivity contribution < 1.29 is 0 Å². The number of nitrogens with two attached hydrogens (primary N) is 1. The van der Waals surface area contributed by atoms with Gasteiger partial charge in [-0.15, -0.1) is 0 Å². The van der Waals surface area contributed by atoms with Crippen molar-refractivity contribution >= 4 is 11.3 Å². The summed E-state index contributed by atoms with van der Waals surface area (Å²) in [7, 11) is 0. The van der Waals surface area contributed by atoms with Gasteiger partial charge < -0.3 is 5.73 Å². The Morgan fingerprint density at radius 3 is 2.77 bits per heavy atom. The molecule has 1 nitrogen and oxygen atoms in total. The summed E-state index contributed by atoms with van der Waals surface area (Å²) in [5.74, 6) is 0.613. The first-order valence-corrected chi connectivity index (χ1v) is 5.91. The summed E-state index contributed by atoms with van der Waals surface area (Å²) < 4.78 is 0. The third kappa shape index (κ3) is 3.92. The van der Waals surface area contributed by atoms with Gasteiger partial charge in [0.2, 0.25) is 0 Å². The summed E-state index contributed by atoms with van der Waals surface area (Å²) in [5, 5.41) is 4.36. The maximum atomic E-state index is 5.96. The van der Waals surface area contributed by atoms with Crippen LogP contribution in [0.5, 0.6) is 0 Å². The molecular formula is C11H19NS. The van der Waals surface area contributed by atoms with Crippen molar-refractivity contribution in [3.8, 4) is 0 Å². The molecule has 0 aromatic carbocycles. The van der Waals surface area contributed by atoms with Crippen LogP contribution in [0.15, 0.2) is 16.8 Å². The lowest BCUT2D eigenvalue weighted by molar-refractivity contribution is 0.452. The molecule has 2 heteroatoms. The van der Waals surface area contributed by atoms with Crippen molar-refractivity contribution in [1.29, 1.82) is 0 Å². The second kappa shape index (κ2) is 5.40. The molecule has 0 amide bonds. The molecule has 0 saturated heterocycles. The Morgan fingerprint density at radius 2 is 2.23 bits per heavy atom. The van der Waals surface area contributed by atoms with Crippen LogP contribution in [0.3, 0.4) is 0 Å². The van der Waals surface area contributed by atoms with Crippen LogP contribution in [0.2, 0.25) is 0 Å². The van der Waals surface area contributed by atoms with Crippen LogP contribution in [0.25, 0.3) is 0 Å². The lowest BCUT2D eigenvalue weighted by Gasteiger charge is -2.14. The van der Waals surface area contributed by atoms with Crippen LogP contribution in [0.1, 0.15) is 32.3 Å². The van der Waals surface area contributed by atoms with Crippen molar-refractivity contribution in [2.75, 3.05) is 0 Å². The topological polar surface area (TPSA) is 26.0 Å². The lowest BCUT2D eigenvalue weighted by atomic mass is 9.98. The smallest absolute Gasteiger partial charge is 0.00620 e. The van der Waals surface area contributed by atoms with E-state index in [0.29, 0.717) is 12.0 Å². The zero-order valence-corrected chi connectivity index (χ0v) is 9.31. The zero-order chi connectivity index (χ0) is 9.68. The summed E-state index contributed by atoms with van der Waals surface area (Å²) in [6.45, 7) is 4.38. The Morgan fingerprint density at radius 1 is 1.46 bits per heavy atom.